The van der Waals surface area contributed by atoms with Gasteiger partial charge in [0.25, 0.3) is 0 Å². The van der Waals surface area contributed by atoms with Gasteiger partial charge < -0.3 is 15.6 Å². The van der Waals surface area contributed by atoms with Gasteiger partial charge in [-0.1, -0.05) is 12.1 Å². The lowest BCUT2D eigenvalue weighted by Crippen LogP contribution is -2.10. The highest BCUT2D eigenvalue weighted by Gasteiger charge is 2.06. The molecule has 2 rings (SSSR count). The number of imidazole rings is 1. The SMILES string of the molecule is CC(=O)Nc1cccc(-c2nccn2CCN)c1. The molecule has 1 aromatic carbocycles. The zero-order valence-corrected chi connectivity index (χ0v) is 10.3. The van der Waals surface area contributed by atoms with Crippen molar-refractivity contribution in [2.45, 2.75) is 13.5 Å². The normalized spacial score (nSPS) is 10.3. The van der Waals surface area contributed by atoms with Crippen molar-refractivity contribution in [3.8, 4) is 11.4 Å². The van der Waals surface area contributed by atoms with Crippen LogP contribution in [0.2, 0.25) is 0 Å². The molecule has 0 saturated heterocycles. The van der Waals surface area contributed by atoms with Crippen LogP contribution in [0, 0.1) is 0 Å². The van der Waals surface area contributed by atoms with Crippen molar-refractivity contribution >= 4 is 11.6 Å². The number of rotatable bonds is 4. The quantitative estimate of drug-likeness (QED) is 0.855. The Labute approximate surface area is 106 Å². The van der Waals surface area contributed by atoms with E-state index in [1.165, 1.54) is 6.92 Å². The first-order valence-electron chi connectivity index (χ1n) is 5.80. The first kappa shape index (κ1) is 12.3. The topological polar surface area (TPSA) is 72.9 Å². The Kier molecular flexibility index (Phi) is 3.74. The van der Waals surface area contributed by atoms with Crippen LogP contribution in [0.5, 0.6) is 0 Å². The number of nitrogens with zero attached hydrogens (tertiary/aromatic N) is 2. The molecular weight excluding hydrogens is 228 g/mol. The molecule has 18 heavy (non-hydrogen) atoms. The molecule has 5 heteroatoms. The number of nitrogens with one attached hydrogen (secondary N) is 1. The minimum atomic E-state index is -0.0857. The second kappa shape index (κ2) is 5.46. The summed E-state index contributed by atoms with van der Waals surface area (Å²) in [7, 11) is 0. The van der Waals surface area contributed by atoms with Crippen LogP contribution in [0.25, 0.3) is 11.4 Å². The van der Waals surface area contributed by atoms with Crippen molar-refractivity contribution in [2.24, 2.45) is 5.73 Å². The lowest BCUT2D eigenvalue weighted by atomic mass is 10.2. The average molecular weight is 244 g/mol. The highest BCUT2D eigenvalue weighted by atomic mass is 16.1. The van der Waals surface area contributed by atoms with Crippen molar-refractivity contribution in [2.75, 3.05) is 11.9 Å². The Morgan fingerprint density at radius 2 is 2.33 bits per heavy atom. The summed E-state index contributed by atoms with van der Waals surface area (Å²) in [6.45, 7) is 2.77. The average Bonchev–Trinajstić information content (AvgIpc) is 2.77. The largest absolute Gasteiger partial charge is 0.330 e. The van der Waals surface area contributed by atoms with Crippen LogP contribution < -0.4 is 11.1 Å². The summed E-state index contributed by atoms with van der Waals surface area (Å²) in [5.74, 6) is 0.769. The third-order valence-corrected chi connectivity index (χ3v) is 2.53. The third kappa shape index (κ3) is 2.75. The zero-order valence-electron chi connectivity index (χ0n) is 10.3. The minimum absolute atomic E-state index is 0.0857. The van der Waals surface area contributed by atoms with Gasteiger partial charge in [-0.15, -0.1) is 0 Å². The molecule has 0 radical (unpaired) electrons. The predicted octanol–water partition coefficient (Wildman–Crippen LogP) is 1.47. The molecule has 94 valence electrons. The van der Waals surface area contributed by atoms with Crippen LogP contribution in [-0.2, 0) is 11.3 Å². The number of aromatic nitrogens is 2. The van der Waals surface area contributed by atoms with Crippen LogP contribution in [0.1, 0.15) is 6.92 Å². The molecule has 0 fully saturated rings. The van der Waals surface area contributed by atoms with E-state index < -0.39 is 0 Å². The van der Waals surface area contributed by atoms with E-state index in [0.717, 1.165) is 23.6 Å². The Morgan fingerprint density at radius 1 is 1.50 bits per heavy atom. The molecule has 0 spiro atoms. The molecule has 1 aromatic heterocycles. The molecule has 1 heterocycles. The maximum absolute atomic E-state index is 11.0. The van der Waals surface area contributed by atoms with Gasteiger partial charge in [0.05, 0.1) is 0 Å². The van der Waals surface area contributed by atoms with Crippen molar-refractivity contribution in [1.82, 2.24) is 9.55 Å². The van der Waals surface area contributed by atoms with E-state index in [2.05, 4.69) is 10.3 Å². The van der Waals surface area contributed by atoms with Crippen LogP contribution in [0.4, 0.5) is 5.69 Å². The number of carbonyl (C=O) groups is 1. The summed E-state index contributed by atoms with van der Waals surface area (Å²) in [4.78, 5) is 15.4. The lowest BCUT2D eigenvalue weighted by Gasteiger charge is -2.08. The number of anilines is 1. The van der Waals surface area contributed by atoms with Gasteiger partial charge in [0.15, 0.2) is 0 Å². The Morgan fingerprint density at radius 3 is 3.06 bits per heavy atom. The molecular formula is C13H16N4O. The van der Waals surface area contributed by atoms with Gasteiger partial charge >= 0.3 is 0 Å². The molecule has 0 aliphatic rings. The van der Waals surface area contributed by atoms with Gasteiger partial charge in [0, 0.05) is 43.7 Å². The molecule has 5 nitrogen and oxygen atoms in total. The highest BCUT2D eigenvalue weighted by molar-refractivity contribution is 5.89. The number of benzene rings is 1. The number of hydrogen-bond donors (Lipinski definition) is 2. The van der Waals surface area contributed by atoms with E-state index in [0.29, 0.717) is 6.54 Å². The highest BCUT2D eigenvalue weighted by Crippen LogP contribution is 2.21. The number of hydrogen-bond acceptors (Lipinski definition) is 3. The van der Waals surface area contributed by atoms with Crippen molar-refractivity contribution in [3.05, 3.63) is 36.7 Å². The van der Waals surface area contributed by atoms with Gasteiger partial charge in [-0.05, 0) is 12.1 Å². The molecule has 0 atom stereocenters. The minimum Gasteiger partial charge on any atom is -0.330 e. The smallest absolute Gasteiger partial charge is 0.221 e. The standard InChI is InChI=1S/C13H16N4O/c1-10(18)16-12-4-2-3-11(9-12)13-15-6-8-17(13)7-5-14/h2-4,6,8-9H,5,7,14H2,1H3,(H,16,18). The van der Waals surface area contributed by atoms with Gasteiger partial charge in [-0.3, -0.25) is 4.79 Å². The van der Waals surface area contributed by atoms with Crippen LogP contribution in [-0.4, -0.2) is 22.0 Å². The second-order valence-corrected chi connectivity index (χ2v) is 3.99. The van der Waals surface area contributed by atoms with E-state index in [1.54, 1.807) is 6.20 Å². The number of amides is 1. The predicted molar refractivity (Wildman–Crippen MR) is 71.0 cm³/mol. The number of nitrogens with two attached hydrogens (primary N) is 1. The summed E-state index contributed by atoms with van der Waals surface area (Å²) in [6.07, 6.45) is 3.64. The van der Waals surface area contributed by atoms with Crippen molar-refractivity contribution in [1.29, 1.82) is 0 Å². The third-order valence-electron chi connectivity index (χ3n) is 2.53. The summed E-state index contributed by atoms with van der Waals surface area (Å²) >= 11 is 0. The Bertz CT molecular complexity index is 547. The van der Waals surface area contributed by atoms with E-state index >= 15 is 0 Å². The Balaban J connectivity index is 2.32. The summed E-state index contributed by atoms with van der Waals surface area (Å²) in [6, 6.07) is 7.60. The molecule has 0 aliphatic carbocycles. The maximum Gasteiger partial charge on any atom is 0.221 e. The zero-order chi connectivity index (χ0) is 13.0. The lowest BCUT2D eigenvalue weighted by molar-refractivity contribution is -0.114. The first-order valence-corrected chi connectivity index (χ1v) is 5.80. The van der Waals surface area contributed by atoms with Gasteiger partial charge in [-0.2, -0.15) is 0 Å². The molecule has 0 unspecified atom stereocenters. The monoisotopic (exact) mass is 244 g/mol. The van der Waals surface area contributed by atoms with Gasteiger partial charge in [-0.25, -0.2) is 4.98 Å². The van der Waals surface area contributed by atoms with E-state index in [9.17, 15) is 4.79 Å². The van der Waals surface area contributed by atoms with Crippen molar-refractivity contribution in [3.63, 3.8) is 0 Å². The summed E-state index contributed by atoms with van der Waals surface area (Å²) in [5, 5.41) is 2.76. The fourth-order valence-electron chi connectivity index (χ4n) is 1.83. The molecule has 0 saturated carbocycles. The molecule has 2 aromatic rings. The fraction of sp³-hybridized carbons (Fsp3) is 0.231. The van der Waals surface area contributed by atoms with Crippen LogP contribution in [0.15, 0.2) is 36.7 Å². The summed E-state index contributed by atoms with van der Waals surface area (Å²) < 4.78 is 1.99. The Hall–Kier alpha value is -2.14. The second-order valence-electron chi connectivity index (χ2n) is 3.99. The first-order chi connectivity index (χ1) is 8.70. The van der Waals surface area contributed by atoms with Crippen LogP contribution in [0.3, 0.4) is 0 Å². The van der Waals surface area contributed by atoms with E-state index in [4.69, 9.17) is 5.73 Å². The summed E-state index contributed by atoms with van der Waals surface area (Å²) in [5.41, 5.74) is 7.28. The molecule has 0 aliphatic heterocycles. The molecule has 0 bridgehead atoms. The van der Waals surface area contributed by atoms with Gasteiger partial charge in [0.2, 0.25) is 5.91 Å². The number of carbonyl (C=O) groups excluding carboxylic acids is 1. The molecule has 3 N–H and O–H groups in total. The maximum atomic E-state index is 11.0. The molecule has 1 amide bonds. The van der Waals surface area contributed by atoms with Gasteiger partial charge in [0.1, 0.15) is 5.82 Å². The van der Waals surface area contributed by atoms with Crippen molar-refractivity contribution < 1.29 is 4.79 Å². The van der Waals surface area contributed by atoms with E-state index in [-0.39, 0.29) is 5.91 Å². The van der Waals surface area contributed by atoms with E-state index in [1.807, 2.05) is 35.0 Å². The van der Waals surface area contributed by atoms with Crippen LogP contribution >= 0.6 is 0 Å². The fourth-order valence-corrected chi connectivity index (χ4v) is 1.83.